The van der Waals surface area contributed by atoms with Gasteiger partial charge in [0.05, 0.1) is 24.8 Å². The van der Waals surface area contributed by atoms with E-state index >= 15 is 0 Å². The van der Waals surface area contributed by atoms with Crippen LogP contribution >= 0.6 is 0 Å². The molecule has 0 heterocycles. The predicted molar refractivity (Wildman–Crippen MR) is 162 cm³/mol. The number of hydrogen-bond donors (Lipinski definition) is 1. The number of amides is 2. The molecule has 1 aliphatic carbocycles. The van der Waals surface area contributed by atoms with Crippen LogP contribution in [-0.4, -0.2) is 58.0 Å². The third kappa shape index (κ3) is 7.64. The van der Waals surface area contributed by atoms with Gasteiger partial charge in [0.15, 0.2) is 0 Å². The van der Waals surface area contributed by atoms with Gasteiger partial charge in [-0.25, -0.2) is 12.8 Å². The van der Waals surface area contributed by atoms with Gasteiger partial charge in [0, 0.05) is 18.2 Å². The molecule has 4 rings (SSSR count). The molecule has 9 nitrogen and oxygen atoms in total. The van der Waals surface area contributed by atoms with E-state index in [0.717, 1.165) is 36.4 Å². The summed E-state index contributed by atoms with van der Waals surface area (Å²) in [5, 5.41) is 3.03. The van der Waals surface area contributed by atoms with Crippen LogP contribution in [0.2, 0.25) is 0 Å². The van der Waals surface area contributed by atoms with Crippen LogP contribution in [-0.2, 0) is 26.2 Å². The quantitative estimate of drug-likeness (QED) is 0.312. The normalized spacial score (nSPS) is 14.4. The van der Waals surface area contributed by atoms with Gasteiger partial charge in [-0.1, -0.05) is 49.6 Å². The summed E-state index contributed by atoms with van der Waals surface area (Å²) in [5.74, 6) is -0.896. The molecule has 1 saturated carbocycles. The Kier molecular flexibility index (Phi) is 10.6. The van der Waals surface area contributed by atoms with Crippen LogP contribution in [0.3, 0.4) is 0 Å². The van der Waals surface area contributed by atoms with Crippen LogP contribution < -0.4 is 19.1 Å². The SMILES string of the molecule is COc1ccc(S(=O)(=O)N(CC(=O)N(Cc2ccccc2F)C(C)C(=O)NC2CCCCC2)c2ccccc2OC)cc1. The third-order valence-corrected chi connectivity index (χ3v) is 9.47. The zero-order valence-corrected chi connectivity index (χ0v) is 25.5. The highest BCUT2D eigenvalue weighted by Crippen LogP contribution is 2.33. The summed E-state index contributed by atoms with van der Waals surface area (Å²) < 4.78 is 54.5. The minimum atomic E-state index is -4.31. The van der Waals surface area contributed by atoms with E-state index in [9.17, 15) is 22.4 Å². The maximum atomic E-state index is 14.8. The van der Waals surface area contributed by atoms with Crippen molar-refractivity contribution in [3.05, 3.63) is 84.2 Å². The first-order valence-corrected chi connectivity index (χ1v) is 15.7. The first-order chi connectivity index (χ1) is 20.6. The fourth-order valence-electron chi connectivity index (χ4n) is 5.19. The Balaban J connectivity index is 1.71. The van der Waals surface area contributed by atoms with Gasteiger partial charge in [0.2, 0.25) is 11.8 Å². The van der Waals surface area contributed by atoms with Crippen LogP contribution in [0, 0.1) is 5.82 Å². The summed E-state index contributed by atoms with van der Waals surface area (Å²) in [6, 6.07) is 17.2. The van der Waals surface area contributed by atoms with Crippen LogP contribution in [0.5, 0.6) is 11.5 Å². The minimum absolute atomic E-state index is 0.00496. The number of nitrogens with one attached hydrogen (secondary N) is 1. The van der Waals surface area contributed by atoms with Gasteiger partial charge >= 0.3 is 0 Å². The lowest BCUT2D eigenvalue weighted by molar-refractivity contribution is -0.139. The van der Waals surface area contributed by atoms with E-state index in [0.29, 0.717) is 5.75 Å². The molecule has 230 valence electrons. The van der Waals surface area contributed by atoms with Crippen molar-refractivity contribution in [2.24, 2.45) is 0 Å². The van der Waals surface area contributed by atoms with Crippen LogP contribution in [0.15, 0.2) is 77.7 Å². The molecule has 0 bridgehead atoms. The molecule has 43 heavy (non-hydrogen) atoms. The van der Waals surface area contributed by atoms with E-state index in [4.69, 9.17) is 9.47 Å². The first-order valence-electron chi connectivity index (χ1n) is 14.3. The zero-order valence-electron chi connectivity index (χ0n) is 24.7. The van der Waals surface area contributed by atoms with Crippen molar-refractivity contribution in [2.45, 2.75) is 62.6 Å². The summed E-state index contributed by atoms with van der Waals surface area (Å²) in [7, 11) is -1.44. The summed E-state index contributed by atoms with van der Waals surface area (Å²) in [6.45, 7) is 0.680. The molecule has 0 radical (unpaired) electrons. The fraction of sp³-hybridized carbons (Fsp3) is 0.375. The molecule has 0 saturated heterocycles. The highest BCUT2D eigenvalue weighted by molar-refractivity contribution is 7.92. The molecule has 3 aromatic rings. The second kappa shape index (κ2) is 14.4. The average Bonchev–Trinajstić information content (AvgIpc) is 3.03. The number of rotatable bonds is 12. The van der Waals surface area contributed by atoms with E-state index in [1.165, 1.54) is 67.7 Å². The lowest BCUT2D eigenvalue weighted by atomic mass is 9.95. The van der Waals surface area contributed by atoms with Crippen LogP contribution in [0.25, 0.3) is 0 Å². The average molecular weight is 612 g/mol. The fourth-order valence-corrected chi connectivity index (χ4v) is 6.61. The van der Waals surface area contributed by atoms with Gasteiger partial charge in [0.25, 0.3) is 10.0 Å². The Bertz CT molecular complexity index is 1510. The summed E-state index contributed by atoms with van der Waals surface area (Å²) in [4.78, 5) is 28.7. The molecule has 1 aliphatic rings. The molecule has 0 spiro atoms. The number of methoxy groups -OCH3 is 2. The number of carbonyl (C=O) groups excluding carboxylic acids is 2. The Morgan fingerprint density at radius 2 is 1.58 bits per heavy atom. The number of carbonyl (C=O) groups is 2. The number of para-hydroxylation sites is 2. The lowest BCUT2D eigenvalue weighted by Crippen LogP contribution is -2.53. The minimum Gasteiger partial charge on any atom is -0.497 e. The Labute approximate surface area is 252 Å². The lowest BCUT2D eigenvalue weighted by Gasteiger charge is -2.33. The summed E-state index contributed by atoms with van der Waals surface area (Å²) in [5.41, 5.74) is 0.342. The largest absolute Gasteiger partial charge is 0.497 e. The number of nitrogens with zero attached hydrogens (tertiary/aromatic N) is 2. The molecule has 0 aromatic heterocycles. The predicted octanol–water partition coefficient (Wildman–Crippen LogP) is 4.90. The van der Waals surface area contributed by atoms with Crippen molar-refractivity contribution < 1.29 is 31.9 Å². The van der Waals surface area contributed by atoms with E-state index in [1.54, 1.807) is 31.2 Å². The van der Waals surface area contributed by atoms with Crippen molar-refractivity contribution in [3.8, 4) is 11.5 Å². The molecule has 1 unspecified atom stereocenters. The van der Waals surface area contributed by atoms with Crippen molar-refractivity contribution in [3.63, 3.8) is 0 Å². The summed E-state index contributed by atoms with van der Waals surface area (Å²) >= 11 is 0. The number of hydrogen-bond acceptors (Lipinski definition) is 6. The van der Waals surface area contributed by atoms with E-state index < -0.39 is 34.3 Å². The highest BCUT2D eigenvalue weighted by atomic mass is 32.2. The molecule has 11 heteroatoms. The Hall–Kier alpha value is -4.12. The molecule has 1 N–H and O–H groups in total. The standard InChI is InChI=1S/C32H38FN3O6S/c1-23(32(38)34-25-12-5-4-6-13-25)35(21-24-11-7-8-14-28(24)33)31(37)22-36(29-15-9-10-16-30(29)42-3)43(39,40)27-19-17-26(41-2)18-20-27/h7-11,14-20,23,25H,4-6,12-13,21-22H2,1-3H3,(H,34,38). The Morgan fingerprint density at radius 1 is 0.930 bits per heavy atom. The first kappa shape index (κ1) is 31.8. The van der Waals surface area contributed by atoms with Gasteiger partial charge < -0.3 is 19.7 Å². The molecule has 0 aliphatic heterocycles. The molecular weight excluding hydrogens is 573 g/mol. The number of benzene rings is 3. The smallest absolute Gasteiger partial charge is 0.264 e. The maximum Gasteiger partial charge on any atom is 0.264 e. The van der Waals surface area contributed by atoms with E-state index in [-0.39, 0.29) is 40.4 Å². The third-order valence-electron chi connectivity index (χ3n) is 7.70. The second-order valence-corrected chi connectivity index (χ2v) is 12.4. The van der Waals surface area contributed by atoms with Crippen molar-refractivity contribution in [1.29, 1.82) is 0 Å². The van der Waals surface area contributed by atoms with Crippen molar-refractivity contribution >= 4 is 27.5 Å². The van der Waals surface area contributed by atoms with Gasteiger partial charge in [-0.15, -0.1) is 0 Å². The molecular formula is C32H38FN3O6S. The second-order valence-electron chi connectivity index (χ2n) is 10.5. The zero-order chi connectivity index (χ0) is 31.0. The molecule has 2 amide bonds. The Morgan fingerprint density at radius 3 is 2.23 bits per heavy atom. The van der Waals surface area contributed by atoms with E-state index in [2.05, 4.69) is 5.32 Å². The number of ether oxygens (including phenoxy) is 2. The van der Waals surface area contributed by atoms with Crippen LogP contribution in [0.4, 0.5) is 10.1 Å². The topological polar surface area (TPSA) is 105 Å². The molecule has 3 aromatic carbocycles. The monoisotopic (exact) mass is 611 g/mol. The van der Waals surface area contributed by atoms with Crippen LogP contribution in [0.1, 0.15) is 44.6 Å². The highest BCUT2D eigenvalue weighted by Gasteiger charge is 2.34. The summed E-state index contributed by atoms with van der Waals surface area (Å²) in [6.07, 6.45) is 4.83. The van der Waals surface area contributed by atoms with Gasteiger partial charge in [-0.05, 0) is 62.2 Å². The van der Waals surface area contributed by atoms with Gasteiger partial charge in [0.1, 0.15) is 29.9 Å². The maximum absolute atomic E-state index is 14.8. The molecule has 1 atom stereocenters. The molecule has 1 fully saturated rings. The number of anilines is 1. The van der Waals surface area contributed by atoms with Gasteiger partial charge in [-0.2, -0.15) is 0 Å². The van der Waals surface area contributed by atoms with E-state index in [1.807, 2.05) is 0 Å². The van der Waals surface area contributed by atoms with Gasteiger partial charge in [-0.3, -0.25) is 13.9 Å². The van der Waals surface area contributed by atoms with Crippen molar-refractivity contribution in [2.75, 3.05) is 25.1 Å². The number of halogens is 1. The number of sulfonamides is 1. The van der Waals surface area contributed by atoms with Crippen molar-refractivity contribution in [1.82, 2.24) is 10.2 Å².